The molecule has 7 nitrogen and oxygen atoms in total. The smallest absolute Gasteiger partial charge is 0.239 e. The van der Waals surface area contributed by atoms with Gasteiger partial charge in [0.05, 0.1) is 10.5 Å². The SMILES string of the molecule is NS(=O)(=O)c1cc(CNCCCNc2cc(=O)c3ccccc3[nH]2)ccc1Cl. The zero-order chi connectivity index (χ0) is 20.1. The summed E-state index contributed by atoms with van der Waals surface area (Å²) in [4.78, 5) is 15.2. The number of aromatic amines is 1. The molecule has 0 saturated heterocycles. The number of nitrogens with one attached hydrogen (secondary N) is 3. The van der Waals surface area contributed by atoms with Crippen molar-refractivity contribution in [1.82, 2.24) is 10.3 Å². The summed E-state index contributed by atoms with van der Waals surface area (Å²) < 4.78 is 23.0. The van der Waals surface area contributed by atoms with Crippen LogP contribution in [0.5, 0.6) is 0 Å². The van der Waals surface area contributed by atoms with Crippen LogP contribution in [0.4, 0.5) is 5.82 Å². The van der Waals surface area contributed by atoms with Crippen LogP contribution >= 0.6 is 11.6 Å². The Labute approximate surface area is 168 Å². The van der Waals surface area contributed by atoms with Crippen LogP contribution in [0.2, 0.25) is 5.02 Å². The molecule has 9 heteroatoms. The van der Waals surface area contributed by atoms with Gasteiger partial charge in [-0.15, -0.1) is 0 Å². The number of aromatic nitrogens is 1. The van der Waals surface area contributed by atoms with Gasteiger partial charge in [-0.05, 0) is 42.8 Å². The Balaban J connectivity index is 1.48. The molecule has 0 aliphatic rings. The minimum absolute atomic E-state index is 0.0247. The molecule has 1 heterocycles. The van der Waals surface area contributed by atoms with Crippen molar-refractivity contribution >= 4 is 38.3 Å². The summed E-state index contributed by atoms with van der Waals surface area (Å²) in [6.45, 7) is 1.87. The van der Waals surface area contributed by atoms with E-state index in [1.165, 1.54) is 12.1 Å². The van der Waals surface area contributed by atoms with E-state index in [4.69, 9.17) is 16.7 Å². The molecule has 5 N–H and O–H groups in total. The molecule has 0 aliphatic carbocycles. The second kappa shape index (κ2) is 8.74. The summed E-state index contributed by atoms with van der Waals surface area (Å²) >= 11 is 5.88. The average Bonchev–Trinajstić information content (AvgIpc) is 2.65. The lowest BCUT2D eigenvalue weighted by Gasteiger charge is -2.09. The van der Waals surface area contributed by atoms with Crippen molar-refractivity contribution in [3.8, 4) is 0 Å². The fraction of sp³-hybridized carbons (Fsp3) is 0.211. The fourth-order valence-electron chi connectivity index (χ4n) is 2.84. The minimum Gasteiger partial charge on any atom is -0.371 e. The first-order valence-corrected chi connectivity index (χ1v) is 10.6. The first-order chi connectivity index (χ1) is 13.3. The Morgan fingerprint density at radius 3 is 2.64 bits per heavy atom. The number of H-pyrrole nitrogens is 1. The zero-order valence-electron chi connectivity index (χ0n) is 15.0. The first kappa shape index (κ1) is 20.3. The van der Waals surface area contributed by atoms with Crippen molar-refractivity contribution in [3.05, 3.63) is 69.3 Å². The molecule has 0 amide bonds. The number of para-hydroxylation sites is 1. The summed E-state index contributed by atoms with van der Waals surface area (Å²) in [7, 11) is -3.84. The Morgan fingerprint density at radius 2 is 1.86 bits per heavy atom. The van der Waals surface area contributed by atoms with E-state index < -0.39 is 10.0 Å². The summed E-state index contributed by atoms with van der Waals surface area (Å²) in [6, 6.07) is 13.7. The molecule has 3 rings (SSSR count). The number of primary sulfonamides is 1. The zero-order valence-corrected chi connectivity index (χ0v) is 16.6. The largest absolute Gasteiger partial charge is 0.371 e. The number of halogens is 1. The van der Waals surface area contributed by atoms with Crippen LogP contribution in [0.15, 0.2) is 58.2 Å². The Kier molecular flexibility index (Phi) is 6.35. The highest BCUT2D eigenvalue weighted by atomic mass is 35.5. The maximum Gasteiger partial charge on any atom is 0.239 e. The van der Waals surface area contributed by atoms with Gasteiger partial charge in [-0.2, -0.15) is 0 Å². The highest BCUT2D eigenvalue weighted by molar-refractivity contribution is 7.89. The van der Waals surface area contributed by atoms with E-state index >= 15 is 0 Å². The molecule has 3 aromatic rings. The molecule has 0 aliphatic heterocycles. The van der Waals surface area contributed by atoms with E-state index in [0.29, 0.717) is 30.8 Å². The topological polar surface area (TPSA) is 117 Å². The van der Waals surface area contributed by atoms with Crippen LogP contribution < -0.4 is 21.2 Å². The van der Waals surface area contributed by atoms with Gasteiger partial charge in [0.1, 0.15) is 10.7 Å². The number of sulfonamides is 1. The maximum atomic E-state index is 12.1. The fourth-order valence-corrected chi connectivity index (χ4v) is 3.93. The van der Waals surface area contributed by atoms with Crippen LogP contribution in [0.1, 0.15) is 12.0 Å². The number of pyridine rings is 1. The molecule has 1 aromatic heterocycles. The van der Waals surface area contributed by atoms with Crippen LogP contribution in [-0.4, -0.2) is 26.5 Å². The van der Waals surface area contributed by atoms with Crippen LogP contribution in [0.25, 0.3) is 10.9 Å². The first-order valence-electron chi connectivity index (χ1n) is 8.72. The average molecular weight is 421 g/mol. The molecule has 0 atom stereocenters. The third kappa shape index (κ3) is 5.11. The van der Waals surface area contributed by atoms with Gasteiger partial charge in [0.25, 0.3) is 0 Å². The monoisotopic (exact) mass is 420 g/mol. The Hall–Kier alpha value is -2.39. The van der Waals surface area contributed by atoms with Gasteiger partial charge in [0.2, 0.25) is 10.0 Å². The molecule has 148 valence electrons. The second-order valence-corrected chi connectivity index (χ2v) is 8.30. The van der Waals surface area contributed by atoms with E-state index in [2.05, 4.69) is 15.6 Å². The van der Waals surface area contributed by atoms with E-state index in [-0.39, 0.29) is 15.3 Å². The molecule has 0 bridgehead atoms. The lowest BCUT2D eigenvalue weighted by molar-refractivity contribution is 0.597. The van der Waals surface area contributed by atoms with Crippen molar-refractivity contribution in [2.45, 2.75) is 17.9 Å². The maximum absolute atomic E-state index is 12.1. The number of fused-ring (bicyclic) bond motifs is 1. The van der Waals surface area contributed by atoms with Crippen molar-refractivity contribution < 1.29 is 8.42 Å². The Morgan fingerprint density at radius 1 is 1.07 bits per heavy atom. The molecule has 28 heavy (non-hydrogen) atoms. The third-order valence-electron chi connectivity index (χ3n) is 4.21. The molecule has 0 saturated carbocycles. The number of hydrogen-bond donors (Lipinski definition) is 4. The molecule has 0 fully saturated rings. The van der Waals surface area contributed by atoms with E-state index in [9.17, 15) is 13.2 Å². The predicted octanol–water partition coefficient (Wildman–Crippen LogP) is 2.42. The molecule has 2 aromatic carbocycles. The third-order valence-corrected chi connectivity index (χ3v) is 5.61. The number of benzene rings is 2. The van der Waals surface area contributed by atoms with E-state index in [1.807, 2.05) is 18.2 Å². The summed E-state index contributed by atoms with van der Waals surface area (Å²) in [6.07, 6.45) is 0.810. The van der Waals surface area contributed by atoms with Crippen molar-refractivity contribution in [2.24, 2.45) is 5.14 Å². The van der Waals surface area contributed by atoms with E-state index in [1.54, 1.807) is 18.2 Å². The highest BCUT2D eigenvalue weighted by Gasteiger charge is 2.13. The van der Waals surface area contributed by atoms with Gasteiger partial charge in [0, 0.05) is 24.5 Å². The number of rotatable bonds is 8. The number of nitrogens with two attached hydrogens (primary N) is 1. The lowest BCUT2D eigenvalue weighted by atomic mass is 10.2. The molecule has 0 radical (unpaired) electrons. The van der Waals surface area contributed by atoms with E-state index in [0.717, 1.165) is 17.5 Å². The van der Waals surface area contributed by atoms with Gasteiger partial charge in [-0.1, -0.05) is 29.8 Å². The normalized spacial score (nSPS) is 11.6. The van der Waals surface area contributed by atoms with Crippen molar-refractivity contribution in [2.75, 3.05) is 18.4 Å². The Bertz CT molecular complexity index is 1150. The number of anilines is 1. The summed E-state index contributed by atoms with van der Waals surface area (Å²) in [5.74, 6) is 0.680. The van der Waals surface area contributed by atoms with Crippen LogP contribution in [0, 0.1) is 0 Å². The van der Waals surface area contributed by atoms with Gasteiger partial charge >= 0.3 is 0 Å². The standard InChI is InChI=1S/C19H21ClN4O3S/c20-15-7-6-13(10-18(15)28(21,26)27)12-22-8-3-9-23-19-11-17(25)14-4-1-2-5-16(14)24-19/h1-2,4-7,10-11,22H,3,8-9,12H2,(H2,21,26,27)(H2,23,24,25). The van der Waals surface area contributed by atoms with Gasteiger partial charge in [-0.3, -0.25) is 4.79 Å². The lowest BCUT2D eigenvalue weighted by Crippen LogP contribution is -2.19. The molecule has 0 spiro atoms. The highest BCUT2D eigenvalue weighted by Crippen LogP contribution is 2.21. The van der Waals surface area contributed by atoms with Gasteiger partial charge in [-0.25, -0.2) is 13.6 Å². The molecular weight excluding hydrogens is 400 g/mol. The summed E-state index contributed by atoms with van der Waals surface area (Å²) in [5, 5.41) is 12.4. The second-order valence-electron chi connectivity index (χ2n) is 6.36. The quantitative estimate of drug-likeness (QED) is 0.417. The summed E-state index contributed by atoms with van der Waals surface area (Å²) in [5.41, 5.74) is 1.55. The number of hydrogen-bond acceptors (Lipinski definition) is 5. The van der Waals surface area contributed by atoms with Crippen LogP contribution in [-0.2, 0) is 16.6 Å². The van der Waals surface area contributed by atoms with Crippen LogP contribution in [0.3, 0.4) is 0 Å². The van der Waals surface area contributed by atoms with Gasteiger partial charge < -0.3 is 15.6 Å². The molecular formula is C19H21ClN4O3S. The molecule has 0 unspecified atom stereocenters. The predicted molar refractivity (Wildman–Crippen MR) is 112 cm³/mol. The van der Waals surface area contributed by atoms with Crippen molar-refractivity contribution in [1.29, 1.82) is 0 Å². The van der Waals surface area contributed by atoms with Crippen molar-refractivity contribution in [3.63, 3.8) is 0 Å². The minimum atomic E-state index is -3.84. The van der Waals surface area contributed by atoms with Gasteiger partial charge in [0.15, 0.2) is 5.43 Å².